The van der Waals surface area contributed by atoms with E-state index in [-0.39, 0.29) is 0 Å². The molecular formula is C16H30N2. The standard InChI is InChI=1S/C16H30N2/c1-2-8-13(7-1)18-16-11-4-3-9-14(16)15-10-5-6-12-17-15/h13-18H,1-12H2. The Bertz CT molecular complexity index is 241. The molecule has 3 atom stereocenters. The van der Waals surface area contributed by atoms with Crippen molar-refractivity contribution in [1.29, 1.82) is 0 Å². The SMILES string of the molecule is C1CCC(C2CCCCC2NC2CCCC2)NC1. The van der Waals surface area contributed by atoms with Gasteiger partial charge < -0.3 is 10.6 Å². The van der Waals surface area contributed by atoms with Crippen molar-refractivity contribution in [3.63, 3.8) is 0 Å². The fourth-order valence-corrected chi connectivity index (χ4v) is 4.49. The second-order valence-electron chi connectivity index (χ2n) is 6.76. The summed E-state index contributed by atoms with van der Waals surface area (Å²) < 4.78 is 0. The lowest BCUT2D eigenvalue weighted by molar-refractivity contribution is 0.172. The number of hydrogen-bond donors (Lipinski definition) is 2. The number of rotatable bonds is 3. The van der Waals surface area contributed by atoms with Crippen molar-refractivity contribution in [3.8, 4) is 0 Å². The van der Waals surface area contributed by atoms with Crippen molar-refractivity contribution in [2.45, 2.75) is 88.8 Å². The summed E-state index contributed by atoms with van der Waals surface area (Å²) in [5.74, 6) is 0.916. The first kappa shape index (κ1) is 12.9. The molecule has 0 aromatic carbocycles. The predicted molar refractivity (Wildman–Crippen MR) is 76.8 cm³/mol. The first-order valence-electron chi connectivity index (χ1n) is 8.43. The van der Waals surface area contributed by atoms with E-state index >= 15 is 0 Å². The molecule has 1 saturated heterocycles. The van der Waals surface area contributed by atoms with Crippen molar-refractivity contribution < 1.29 is 0 Å². The highest BCUT2D eigenvalue weighted by atomic mass is 15.0. The van der Waals surface area contributed by atoms with E-state index < -0.39 is 0 Å². The molecule has 2 nitrogen and oxygen atoms in total. The molecule has 0 bridgehead atoms. The van der Waals surface area contributed by atoms with E-state index in [0.717, 1.165) is 24.0 Å². The van der Waals surface area contributed by atoms with Crippen molar-refractivity contribution in [2.75, 3.05) is 6.54 Å². The molecular weight excluding hydrogens is 220 g/mol. The minimum absolute atomic E-state index is 0.817. The lowest BCUT2D eigenvalue weighted by atomic mass is 9.77. The van der Waals surface area contributed by atoms with E-state index in [9.17, 15) is 0 Å². The first-order chi connectivity index (χ1) is 8.93. The van der Waals surface area contributed by atoms with Gasteiger partial charge in [0.05, 0.1) is 0 Å². The molecule has 0 radical (unpaired) electrons. The zero-order chi connectivity index (χ0) is 12.2. The summed E-state index contributed by atoms with van der Waals surface area (Å²) in [5.41, 5.74) is 0. The van der Waals surface area contributed by atoms with Gasteiger partial charge in [0.2, 0.25) is 0 Å². The third-order valence-corrected chi connectivity index (χ3v) is 5.49. The second-order valence-corrected chi connectivity index (χ2v) is 6.76. The maximum Gasteiger partial charge on any atom is 0.0113 e. The molecule has 0 amide bonds. The Balaban J connectivity index is 1.57. The highest BCUT2D eigenvalue weighted by Crippen LogP contribution is 2.32. The Morgan fingerprint density at radius 2 is 1.44 bits per heavy atom. The second kappa shape index (κ2) is 6.38. The minimum atomic E-state index is 0.817. The molecule has 1 aliphatic heterocycles. The van der Waals surface area contributed by atoms with E-state index in [1.165, 1.54) is 77.2 Å². The lowest BCUT2D eigenvalue weighted by Crippen LogP contribution is -2.52. The van der Waals surface area contributed by atoms with Crippen LogP contribution in [0.25, 0.3) is 0 Å². The molecule has 2 saturated carbocycles. The molecule has 2 N–H and O–H groups in total. The van der Waals surface area contributed by atoms with Crippen LogP contribution in [-0.4, -0.2) is 24.7 Å². The van der Waals surface area contributed by atoms with Gasteiger partial charge in [0.1, 0.15) is 0 Å². The largest absolute Gasteiger partial charge is 0.314 e. The summed E-state index contributed by atoms with van der Waals surface area (Å²) in [7, 11) is 0. The van der Waals surface area contributed by atoms with Gasteiger partial charge in [-0.3, -0.25) is 0 Å². The topological polar surface area (TPSA) is 24.1 Å². The Labute approximate surface area is 112 Å². The van der Waals surface area contributed by atoms with Gasteiger partial charge in [0, 0.05) is 18.1 Å². The average molecular weight is 250 g/mol. The van der Waals surface area contributed by atoms with Crippen LogP contribution in [0.1, 0.15) is 70.6 Å². The van der Waals surface area contributed by atoms with Crippen LogP contribution in [0, 0.1) is 5.92 Å². The molecule has 3 aliphatic rings. The monoisotopic (exact) mass is 250 g/mol. The highest BCUT2D eigenvalue weighted by molar-refractivity contribution is 4.92. The van der Waals surface area contributed by atoms with E-state index in [4.69, 9.17) is 0 Å². The first-order valence-corrected chi connectivity index (χ1v) is 8.43. The van der Waals surface area contributed by atoms with Crippen molar-refractivity contribution in [1.82, 2.24) is 10.6 Å². The van der Waals surface area contributed by atoms with Crippen molar-refractivity contribution >= 4 is 0 Å². The summed E-state index contributed by atoms with van der Waals surface area (Å²) in [6.45, 7) is 1.26. The van der Waals surface area contributed by atoms with Gasteiger partial charge in [-0.2, -0.15) is 0 Å². The summed E-state index contributed by atoms with van der Waals surface area (Å²) in [4.78, 5) is 0. The van der Waals surface area contributed by atoms with Crippen molar-refractivity contribution in [2.24, 2.45) is 5.92 Å². The Morgan fingerprint density at radius 1 is 0.722 bits per heavy atom. The third kappa shape index (κ3) is 3.08. The van der Waals surface area contributed by atoms with E-state index in [2.05, 4.69) is 10.6 Å². The fraction of sp³-hybridized carbons (Fsp3) is 1.00. The lowest BCUT2D eigenvalue weighted by Gasteiger charge is -2.41. The van der Waals surface area contributed by atoms with Crippen molar-refractivity contribution in [3.05, 3.63) is 0 Å². The van der Waals surface area contributed by atoms with Gasteiger partial charge in [0.25, 0.3) is 0 Å². The Morgan fingerprint density at radius 3 is 2.22 bits per heavy atom. The number of nitrogens with one attached hydrogen (secondary N) is 2. The zero-order valence-electron chi connectivity index (χ0n) is 11.8. The van der Waals surface area contributed by atoms with Gasteiger partial charge in [-0.15, -0.1) is 0 Å². The quantitative estimate of drug-likeness (QED) is 0.803. The van der Waals surface area contributed by atoms with Crippen LogP contribution >= 0.6 is 0 Å². The molecule has 0 aromatic rings. The minimum Gasteiger partial charge on any atom is -0.314 e. The normalized spacial score (nSPS) is 39.0. The summed E-state index contributed by atoms with van der Waals surface area (Å²) in [6.07, 6.45) is 15.8. The van der Waals surface area contributed by atoms with Gasteiger partial charge in [0.15, 0.2) is 0 Å². The molecule has 3 unspecified atom stereocenters. The molecule has 3 fully saturated rings. The zero-order valence-corrected chi connectivity index (χ0v) is 11.8. The van der Waals surface area contributed by atoms with Crippen LogP contribution in [0.2, 0.25) is 0 Å². The number of hydrogen-bond acceptors (Lipinski definition) is 2. The van der Waals surface area contributed by atoms with E-state index in [1.807, 2.05) is 0 Å². The maximum atomic E-state index is 4.03. The molecule has 18 heavy (non-hydrogen) atoms. The molecule has 3 rings (SSSR count). The van der Waals surface area contributed by atoms with E-state index in [0.29, 0.717) is 0 Å². The van der Waals surface area contributed by atoms with Crippen LogP contribution < -0.4 is 10.6 Å². The summed E-state index contributed by atoms with van der Waals surface area (Å²) in [6, 6.07) is 2.48. The summed E-state index contributed by atoms with van der Waals surface area (Å²) in [5, 5.41) is 7.83. The van der Waals surface area contributed by atoms with E-state index in [1.54, 1.807) is 0 Å². The molecule has 2 heteroatoms. The van der Waals surface area contributed by atoms with Crippen LogP contribution in [0.5, 0.6) is 0 Å². The molecule has 1 heterocycles. The average Bonchev–Trinajstić information content (AvgIpc) is 2.93. The molecule has 2 aliphatic carbocycles. The molecule has 0 spiro atoms. The van der Waals surface area contributed by atoms with Gasteiger partial charge in [-0.25, -0.2) is 0 Å². The fourth-order valence-electron chi connectivity index (χ4n) is 4.49. The van der Waals surface area contributed by atoms with Crippen LogP contribution in [0.15, 0.2) is 0 Å². The van der Waals surface area contributed by atoms with Gasteiger partial charge in [-0.05, 0) is 51.0 Å². The smallest absolute Gasteiger partial charge is 0.0113 e. The van der Waals surface area contributed by atoms with Crippen LogP contribution in [0.4, 0.5) is 0 Å². The van der Waals surface area contributed by atoms with Gasteiger partial charge in [-0.1, -0.05) is 32.1 Å². The predicted octanol–water partition coefficient (Wildman–Crippen LogP) is 3.22. The van der Waals surface area contributed by atoms with Crippen LogP contribution in [0.3, 0.4) is 0 Å². The number of piperidine rings is 1. The summed E-state index contributed by atoms with van der Waals surface area (Å²) >= 11 is 0. The van der Waals surface area contributed by atoms with Crippen LogP contribution in [-0.2, 0) is 0 Å². The Hall–Kier alpha value is -0.0800. The highest BCUT2D eigenvalue weighted by Gasteiger charge is 2.33. The maximum absolute atomic E-state index is 4.03. The molecule has 104 valence electrons. The third-order valence-electron chi connectivity index (χ3n) is 5.49. The molecule has 0 aromatic heterocycles. The Kier molecular flexibility index (Phi) is 4.58. The van der Waals surface area contributed by atoms with Gasteiger partial charge >= 0.3 is 0 Å².